The van der Waals surface area contributed by atoms with Gasteiger partial charge < -0.3 is 4.74 Å². The van der Waals surface area contributed by atoms with E-state index in [2.05, 4.69) is 0 Å². The molecule has 3 atom stereocenters. The Bertz CT molecular complexity index is 1330. The van der Waals surface area contributed by atoms with Crippen LogP contribution < -0.4 is 0 Å². The van der Waals surface area contributed by atoms with Crippen LogP contribution in [0.1, 0.15) is 37.9 Å². The maximum Gasteiger partial charge on any atom is 0.237 e. The van der Waals surface area contributed by atoms with Crippen LogP contribution >= 0.6 is 0 Å². The summed E-state index contributed by atoms with van der Waals surface area (Å²) in [5.74, 6) is -5.21. The second-order valence-corrected chi connectivity index (χ2v) is 8.78. The van der Waals surface area contributed by atoms with Crippen molar-refractivity contribution < 1.29 is 28.3 Å². The molecule has 2 saturated heterocycles. The van der Waals surface area contributed by atoms with Crippen molar-refractivity contribution in [2.24, 2.45) is 11.8 Å². The van der Waals surface area contributed by atoms with Crippen LogP contribution in [0.5, 0.6) is 0 Å². The topological polar surface area (TPSA) is 80.8 Å². The Balaban J connectivity index is 1.49. The van der Waals surface area contributed by atoms with Crippen molar-refractivity contribution in [3.63, 3.8) is 0 Å². The fraction of sp³-hybridized carbons (Fsp3) is 0.185. The summed E-state index contributed by atoms with van der Waals surface area (Å²) in [5, 5.41) is 0. The third kappa shape index (κ3) is 2.64. The van der Waals surface area contributed by atoms with Crippen LogP contribution in [0.3, 0.4) is 0 Å². The normalized spacial score (nSPS) is 24.7. The number of nitrogens with zero attached hydrogens (tertiary/aromatic N) is 1. The van der Waals surface area contributed by atoms with E-state index in [0.717, 1.165) is 10.5 Å². The largest absolute Gasteiger partial charge is 0.349 e. The monoisotopic (exact) mass is 455 g/mol. The highest BCUT2D eigenvalue weighted by Crippen LogP contribution is 2.57. The zero-order valence-electron chi connectivity index (χ0n) is 17.8. The molecule has 3 aliphatic rings. The average Bonchev–Trinajstić information content (AvgIpc) is 3.41. The smallest absolute Gasteiger partial charge is 0.237 e. The van der Waals surface area contributed by atoms with Gasteiger partial charge in [0, 0.05) is 11.1 Å². The third-order valence-corrected chi connectivity index (χ3v) is 6.99. The Morgan fingerprint density at radius 2 is 1.35 bits per heavy atom. The molecule has 6 rings (SSSR count). The van der Waals surface area contributed by atoms with Crippen molar-refractivity contribution in [2.75, 3.05) is 0 Å². The van der Waals surface area contributed by atoms with Crippen molar-refractivity contribution in [1.29, 1.82) is 0 Å². The Kier molecular flexibility index (Phi) is 4.41. The minimum absolute atomic E-state index is 0.0209. The number of halogens is 1. The molecule has 1 aliphatic carbocycles. The zero-order valence-corrected chi connectivity index (χ0v) is 17.8. The molecule has 7 heteroatoms. The number of fused-ring (bicyclic) bond motifs is 3. The summed E-state index contributed by atoms with van der Waals surface area (Å²) >= 11 is 0. The first kappa shape index (κ1) is 20.6. The second kappa shape index (κ2) is 7.27. The molecular weight excluding hydrogens is 437 g/mol. The molecule has 2 aliphatic heterocycles. The van der Waals surface area contributed by atoms with Gasteiger partial charge in [0.15, 0.2) is 0 Å². The predicted molar refractivity (Wildman–Crippen MR) is 117 cm³/mol. The molecule has 0 radical (unpaired) electrons. The molecule has 2 fully saturated rings. The number of likely N-dealkylation sites (tertiary alicyclic amines) is 1. The van der Waals surface area contributed by atoms with Gasteiger partial charge in [-0.05, 0) is 23.3 Å². The number of amides is 2. The lowest BCUT2D eigenvalue weighted by molar-refractivity contribution is -0.145. The molecule has 1 spiro atoms. The van der Waals surface area contributed by atoms with Gasteiger partial charge in [-0.25, -0.2) is 4.39 Å². The maximum absolute atomic E-state index is 13.7. The first-order valence-electron chi connectivity index (χ1n) is 10.9. The van der Waals surface area contributed by atoms with Crippen LogP contribution in [0.2, 0.25) is 0 Å². The summed E-state index contributed by atoms with van der Waals surface area (Å²) in [6, 6.07) is 20.7. The van der Waals surface area contributed by atoms with Crippen LogP contribution in [0.4, 0.5) is 4.39 Å². The Morgan fingerprint density at radius 1 is 0.765 bits per heavy atom. The van der Waals surface area contributed by atoms with E-state index in [1.807, 2.05) is 6.07 Å². The zero-order chi connectivity index (χ0) is 23.6. The molecular formula is C27H18FNO5. The van der Waals surface area contributed by atoms with Crippen molar-refractivity contribution in [1.82, 2.24) is 4.90 Å². The summed E-state index contributed by atoms with van der Waals surface area (Å²) in [6.45, 7) is 0.0209. The predicted octanol–water partition coefficient (Wildman–Crippen LogP) is 3.52. The summed E-state index contributed by atoms with van der Waals surface area (Å²) in [4.78, 5) is 55.7. The lowest BCUT2D eigenvalue weighted by Gasteiger charge is -2.27. The van der Waals surface area contributed by atoms with E-state index < -0.39 is 52.7 Å². The van der Waals surface area contributed by atoms with Gasteiger partial charge in [0.2, 0.25) is 29.0 Å². The summed E-state index contributed by atoms with van der Waals surface area (Å²) < 4.78 is 19.8. The van der Waals surface area contributed by atoms with Gasteiger partial charge >= 0.3 is 0 Å². The quantitative estimate of drug-likeness (QED) is 0.446. The number of hydrogen-bond donors (Lipinski definition) is 0. The maximum atomic E-state index is 13.7. The van der Waals surface area contributed by atoms with Crippen molar-refractivity contribution in [2.45, 2.75) is 18.2 Å². The lowest BCUT2D eigenvalue weighted by Crippen LogP contribution is -2.50. The Hall–Kier alpha value is -3.97. The van der Waals surface area contributed by atoms with Crippen molar-refractivity contribution >= 4 is 23.4 Å². The molecule has 6 nitrogen and oxygen atoms in total. The van der Waals surface area contributed by atoms with E-state index in [-0.39, 0.29) is 17.7 Å². The van der Waals surface area contributed by atoms with Crippen LogP contribution in [0.15, 0.2) is 78.9 Å². The minimum Gasteiger partial charge on any atom is -0.349 e. The number of Topliss-reactive ketones (excluding diaryl/α,β-unsaturated/α-hetero) is 2. The van der Waals surface area contributed by atoms with E-state index in [1.54, 1.807) is 36.4 Å². The van der Waals surface area contributed by atoms with E-state index in [9.17, 15) is 23.6 Å². The van der Waals surface area contributed by atoms with Gasteiger partial charge in [-0.15, -0.1) is 0 Å². The van der Waals surface area contributed by atoms with E-state index in [0.29, 0.717) is 5.56 Å². The highest BCUT2D eigenvalue weighted by molar-refractivity contribution is 6.35. The second-order valence-electron chi connectivity index (χ2n) is 8.78. The first-order chi connectivity index (χ1) is 16.4. The third-order valence-electron chi connectivity index (χ3n) is 6.99. The minimum atomic E-state index is -2.12. The number of carbonyl (C=O) groups is 4. The molecule has 3 aromatic carbocycles. The SMILES string of the molecule is O=C1[C@@H]2[C@@H](c3ccc(F)cc3)OC3(C(=O)c4ccccc4C3=O)[C@H]2C(=O)N1Cc1ccccc1. The molecule has 0 bridgehead atoms. The standard InChI is InChI=1S/C27H18FNO5/c28-17-12-10-16(11-13-17)22-20-21(26(33)29(25(20)32)14-15-6-2-1-3-7-15)27(34-22)23(30)18-8-4-5-9-19(18)24(27)31/h1-13,20-22H,14H2/t20-,21+,22+/m0/s1. The highest BCUT2D eigenvalue weighted by Gasteiger charge is 2.74. The number of ether oxygens (including phenoxy) is 1. The number of ketones is 2. The summed E-state index contributed by atoms with van der Waals surface area (Å²) in [6.07, 6.45) is -1.05. The number of hydrogen-bond acceptors (Lipinski definition) is 5. The fourth-order valence-electron chi connectivity index (χ4n) is 5.45. The van der Waals surface area contributed by atoms with Crippen LogP contribution in [0.25, 0.3) is 0 Å². The molecule has 0 saturated carbocycles. The van der Waals surface area contributed by atoms with Gasteiger partial charge in [-0.1, -0.05) is 66.7 Å². The van der Waals surface area contributed by atoms with Gasteiger partial charge in [-0.3, -0.25) is 24.1 Å². The van der Waals surface area contributed by atoms with E-state index >= 15 is 0 Å². The lowest BCUT2D eigenvalue weighted by atomic mass is 9.77. The van der Waals surface area contributed by atoms with Crippen LogP contribution in [0, 0.1) is 17.7 Å². The van der Waals surface area contributed by atoms with Gasteiger partial charge in [0.05, 0.1) is 24.5 Å². The van der Waals surface area contributed by atoms with Gasteiger partial charge in [0.1, 0.15) is 5.82 Å². The summed E-state index contributed by atoms with van der Waals surface area (Å²) in [5.41, 5.74) is -0.608. The molecule has 0 aromatic heterocycles. The summed E-state index contributed by atoms with van der Waals surface area (Å²) in [7, 11) is 0. The average molecular weight is 455 g/mol. The molecule has 168 valence electrons. The van der Waals surface area contributed by atoms with Gasteiger partial charge in [0.25, 0.3) is 0 Å². The van der Waals surface area contributed by atoms with Gasteiger partial charge in [-0.2, -0.15) is 0 Å². The number of carbonyl (C=O) groups excluding carboxylic acids is 4. The van der Waals surface area contributed by atoms with E-state index in [4.69, 9.17) is 4.74 Å². The van der Waals surface area contributed by atoms with Crippen molar-refractivity contribution in [3.05, 3.63) is 107 Å². The molecule has 34 heavy (non-hydrogen) atoms. The molecule has 0 unspecified atom stereocenters. The van der Waals surface area contributed by atoms with Crippen LogP contribution in [-0.2, 0) is 20.9 Å². The van der Waals surface area contributed by atoms with Crippen LogP contribution in [-0.4, -0.2) is 33.9 Å². The Labute approximate surface area is 193 Å². The molecule has 0 N–H and O–H groups in total. The number of rotatable bonds is 3. The highest BCUT2D eigenvalue weighted by atomic mass is 19.1. The molecule has 2 amide bonds. The first-order valence-corrected chi connectivity index (χ1v) is 10.9. The van der Waals surface area contributed by atoms with E-state index in [1.165, 1.54) is 36.4 Å². The molecule has 2 heterocycles. The fourth-order valence-corrected chi connectivity index (χ4v) is 5.45. The Morgan fingerprint density at radius 3 is 1.97 bits per heavy atom. The molecule has 3 aromatic rings. The number of imide groups is 1. The van der Waals surface area contributed by atoms with Crippen molar-refractivity contribution in [3.8, 4) is 0 Å². The number of benzene rings is 3.